The van der Waals surface area contributed by atoms with Crippen LogP contribution in [0.25, 0.3) is 10.9 Å². The number of aromatic nitrogens is 2. The fourth-order valence-corrected chi connectivity index (χ4v) is 1.13. The van der Waals surface area contributed by atoms with Crippen molar-refractivity contribution in [3.63, 3.8) is 0 Å². The summed E-state index contributed by atoms with van der Waals surface area (Å²) >= 11 is 0. The zero-order valence-corrected chi connectivity index (χ0v) is 6.15. The van der Waals surface area contributed by atoms with Crippen LogP contribution in [0.15, 0.2) is 24.5 Å². The summed E-state index contributed by atoms with van der Waals surface area (Å²) in [6.07, 6.45) is 3.26. The van der Waals surface area contributed by atoms with Gasteiger partial charge in [-0.25, -0.2) is 0 Å². The van der Waals surface area contributed by atoms with E-state index < -0.39 is 0 Å². The van der Waals surface area contributed by atoms with E-state index in [-0.39, 0.29) is 0 Å². The van der Waals surface area contributed by atoms with Gasteiger partial charge >= 0.3 is 0 Å². The number of aryl methyl sites for hydroxylation is 1. The lowest BCUT2D eigenvalue weighted by atomic mass is 10.3. The second kappa shape index (κ2) is 1.99. The van der Waals surface area contributed by atoms with Crippen LogP contribution in [0.5, 0.6) is 0 Å². The van der Waals surface area contributed by atoms with Crippen molar-refractivity contribution < 1.29 is 5.21 Å². The average Bonchev–Trinajstić information content (AvgIpc) is 2.32. The van der Waals surface area contributed by atoms with Gasteiger partial charge in [-0.15, -0.1) is 0 Å². The standard InChI is InChI=1S/C8H8N2O/c1-6-4-7-2-3-10(11)8(7)5-9-6/h2-5,11H,1H3. The minimum absolute atomic E-state index is 0.746. The maximum Gasteiger partial charge on any atom is 0.105 e. The minimum Gasteiger partial charge on any atom is -0.428 e. The van der Waals surface area contributed by atoms with E-state index in [1.54, 1.807) is 12.4 Å². The molecule has 0 bridgehead atoms. The molecule has 1 N–H and O–H groups in total. The number of rotatable bonds is 0. The molecule has 0 radical (unpaired) electrons. The lowest BCUT2D eigenvalue weighted by Crippen LogP contribution is -1.87. The Labute approximate surface area is 63.9 Å². The molecule has 0 spiro atoms. The van der Waals surface area contributed by atoms with E-state index in [4.69, 9.17) is 0 Å². The molecule has 3 nitrogen and oxygen atoms in total. The van der Waals surface area contributed by atoms with Crippen LogP contribution in [0.4, 0.5) is 0 Å². The molecule has 2 heterocycles. The topological polar surface area (TPSA) is 38.0 Å². The van der Waals surface area contributed by atoms with Crippen molar-refractivity contribution in [1.82, 2.24) is 9.71 Å². The predicted molar refractivity (Wildman–Crippen MR) is 41.7 cm³/mol. The first-order valence-electron chi connectivity index (χ1n) is 3.40. The summed E-state index contributed by atoms with van der Waals surface area (Å²) in [6.45, 7) is 1.92. The Morgan fingerprint density at radius 2 is 2.36 bits per heavy atom. The van der Waals surface area contributed by atoms with E-state index in [0.717, 1.165) is 21.3 Å². The first-order valence-corrected chi connectivity index (χ1v) is 3.40. The molecule has 2 aromatic rings. The Hall–Kier alpha value is -1.51. The molecule has 0 aliphatic heterocycles. The number of fused-ring (bicyclic) bond motifs is 1. The Morgan fingerprint density at radius 3 is 3.18 bits per heavy atom. The molecular weight excluding hydrogens is 140 g/mol. The molecule has 0 fully saturated rings. The summed E-state index contributed by atoms with van der Waals surface area (Å²) in [6, 6.07) is 3.78. The van der Waals surface area contributed by atoms with Gasteiger partial charge in [-0.2, -0.15) is 4.73 Å². The van der Waals surface area contributed by atoms with Crippen LogP contribution < -0.4 is 0 Å². The van der Waals surface area contributed by atoms with Crippen LogP contribution in [0.1, 0.15) is 5.69 Å². The van der Waals surface area contributed by atoms with Gasteiger partial charge in [0.15, 0.2) is 0 Å². The summed E-state index contributed by atoms with van der Waals surface area (Å²) < 4.78 is 1.07. The maximum atomic E-state index is 9.18. The lowest BCUT2D eigenvalue weighted by Gasteiger charge is -1.94. The summed E-state index contributed by atoms with van der Waals surface area (Å²) in [5.74, 6) is 0. The van der Waals surface area contributed by atoms with Gasteiger partial charge in [0.1, 0.15) is 5.52 Å². The van der Waals surface area contributed by atoms with E-state index in [2.05, 4.69) is 4.98 Å². The highest BCUT2D eigenvalue weighted by Crippen LogP contribution is 2.13. The SMILES string of the molecule is Cc1cc2ccn(O)c2cn1. The van der Waals surface area contributed by atoms with Crippen molar-refractivity contribution in [2.24, 2.45) is 0 Å². The van der Waals surface area contributed by atoms with Crippen LogP contribution in [0, 0.1) is 6.92 Å². The van der Waals surface area contributed by atoms with E-state index in [1.807, 2.05) is 19.1 Å². The van der Waals surface area contributed by atoms with Crippen molar-refractivity contribution >= 4 is 10.9 Å². The minimum atomic E-state index is 0.746. The van der Waals surface area contributed by atoms with E-state index in [9.17, 15) is 5.21 Å². The molecule has 3 heteroatoms. The van der Waals surface area contributed by atoms with Gasteiger partial charge in [0.25, 0.3) is 0 Å². The van der Waals surface area contributed by atoms with Gasteiger partial charge < -0.3 is 5.21 Å². The zero-order chi connectivity index (χ0) is 7.84. The Morgan fingerprint density at radius 1 is 1.55 bits per heavy atom. The summed E-state index contributed by atoms with van der Waals surface area (Å²) in [7, 11) is 0. The Kier molecular flexibility index (Phi) is 1.12. The second-order valence-corrected chi connectivity index (χ2v) is 2.54. The molecule has 11 heavy (non-hydrogen) atoms. The van der Waals surface area contributed by atoms with Gasteiger partial charge in [-0.05, 0) is 19.1 Å². The fourth-order valence-electron chi connectivity index (χ4n) is 1.13. The van der Waals surface area contributed by atoms with Crippen LogP contribution in [-0.4, -0.2) is 14.9 Å². The van der Waals surface area contributed by atoms with Crippen LogP contribution in [0.2, 0.25) is 0 Å². The highest BCUT2D eigenvalue weighted by Gasteiger charge is 1.98. The first-order chi connectivity index (χ1) is 5.27. The molecule has 0 amide bonds. The summed E-state index contributed by atoms with van der Waals surface area (Å²) in [4.78, 5) is 4.06. The van der Waals surface area contributed by atoms with E-state index >= 15 is 0 Å². The predicted octanol–water partition coefficient (Wildman–Crippen LogP) is 1.58. The van der Waals surface area contributed by atoms with Crippen molar-refractivity contribution in [2.75, 3.05) is 0 Å². The average molecular weight is 148 g/mol. The molecule has 0 aromatic carbocycles. The maximum absolute atomic E-state index is 9.18. The highest BCUT2D eigenvalue weighted by molar-refractivity contribution is 5.79. The van der Waals surface area contributed by atoms with Crippen molar-refractivity contribution in [1.29, 1.82) is 0 Å². The van der Waals surface area contributed by atoms with Crippen molar-refractivity contribution in [3.8, 4) is 0 Å². The quantitative estimate of drug-likeness (QED) is 0.576. The van der Waals surface area contributed by atoms with Gasteiger partial charge in [0.05, 0.1) is 6.20 Å². The normalized spacial score (nSPS) is 10.6. The third-order valence-electron chi connectivity index (χ3n) is 1.69. The number of pyridine rings is 1. The molecule has 56 valence electrons. The van der Waals surface area contributed by atoms with E-state index in [1.165, 1.54) is 0 Å². The smallest absolute Gasteiger partial charge is 0.105 e. The number of hydrogen-bond donors (Lipinski definition) is 1. The third-order valence-corrected chi connectivity index (χ3v) is 1.69. The van der Waals surface area contributed by atoms with Crippen LogP contribution >= 0.6 is 0 Å². The molecule has 0 aliphatic rings. The van der Waals surface area contributed by atoms with Gasteiger partial charge in [-0.3, -0.25) is 4.98 Å². The fraction of sp³-hybridized carbons (Fsp3) is 0.125. The Bertz CT molecular complexity index is 392. The van der Waals surface area contributed by atoms with Crippen molar-refractivity contribution in [3.05, 3.63) is 30.2 Å². The summed E-state index contributed by atoms with van der Waals surface area (Å²) in [5.41, 5.74) is 1.71. The third kappa shape index (κ3) is 0.852. The van der Waals surface area contributed by atoms with E-state index in [0.29, 0.717) is 0 Å². The first kappa shape index (κ1) is 6.22. The summed E-state index contributed by atoms with van der Waals surface area (Å²) in [5, 5.41) is 10.2. The van der Waals surface area contributed by atoms with Crippen LogP contribution in [-0.2, 0) is 0 Å². The molecule has 0 atom stereocenters. The largest absolute Gasteiger partial charge is 0.428 e. The molecule has 0 aliphatic carbocycles. The molecular formula is C8H8N2O. The molecule has 2 rings (SSSR count). The highest BCUT2D eigenvalue weighted by atomic mass is 16.5. The second-order valence-electron chi connectivity index (χ2n) is 2.54. The Balaban J connectivity index is 2.86. The monoisotopic (exact) mass is 148 g/mol. The number of nitrogens with zero attached hydrogens (tertiary/aromatic N) is 2. The van der Waals surface area contributed by atoms with Gasteiger partial charge in [-0.1, -0.05) is 0 Å². The van der Waals surface area contributed by atoms with Gasteiger partial charge in [0.2, 0.25) is 0 Å². The molecule has 0 saturated heterocycles. The molecule has 2 aromatic heterocycles. The van der Waals surface area contributed by atoms with Crippen molar-refractivity contribution in [2.45, 2.75) is 6.92 Å². The van der Waals surface area contributed by atoms with Gasteiger partial charge in [0, 0.05) is 17.3 Å². The molecule has 0 unspecified atom stereocenters. The number of hydrogen-bond acceptors (Lipinski definition) is 2. The zero-order valence-electron chi connectivity index (χ0n) is 6.15. The van der Waals surface area contributed by atoms with Crippen LogP contribution in [0.3, 0.4) is 0 Å². The lowest BCUT2D eigenvalue weighted by molar-refractivity contribution is 0.200. The molecule has 0 saturated carbocycles.